The van der Waals surface area contributed by atoms with Gasteiger partial charge in [0.2, 0.25) is 5.91 Å². The van der Waals surface area contributed by atoms with Gasteiger partial charge >= 0.3 is 5.97 Å². The lowest BCUT2D eigenvalue weighted by molar-refractivity contribution is -0.120. The van der Waals surface area contributed by atoms with Gasteiger partial charge in [-0.25, -0.2) is 4.79 Å². The molecule has 4 rings (SSSR count). The summed E-state index contributed by atoms with van der Waals surface area (Å²) in [6.07, 6.45) is 2.20. The first kappa shape index (κ1) is 21.6. The molecule has 1 N–H and O–H groups in total. The van der Waals surface area contributed by atoms with Crippen LogP contribution >= 0.6 is 0 Å². The standard InChI is InChI=1S/C25H26N2O5/c1-15(2)32-25(29)18-7-5-4-6-17(18)14-31-21-9-8-16(12-22(21)30-3)20-13-23(28)27-24-19(20)10-11-26-24/h4-10,12,15,20H,11,13-14H2,1-3H3,(H,26,27,28). The third-order valence-electron chi connectivity index (χ3n) is 5.41. The predicted octanol–water partition coefficient (Wildman–Crippen LogP) is 3.78. The molecular weight excluding hydrogens is 408 g/mol. The summed E-state index contributed by atoms with van der Waals surface area (Å²) in [6, 6.07) is 12.9. The average Bonchev–Trinajstić information content (AvgIpc) is 3.25. The Hall–Kier alpha value is -3.61. The van der Waals surface area contributed by atoms with E-state index in [1.54, 1.807) is 19.2 Å². The first-order valence-corrected chi connectivity index (χ1v) is 10.6. The zero-order chi connectivity index (χ0) is 22.7. The zero-order valence-corrected chi connectivity index (χ0v) is 18.4. The van der Waals surface area contributed by atoms with Crippen LogP contribution in [0.25, 0.3) is 0 Å². The maximum absolute atomic E-state index is 12.4. The van der Waals surface area contributed by atoms with E-state index < -0.39 is 0 Å². The summed E-state index contributed by atoms with van der Waals surface area (Å²) < 4.78 is 16.9. The molecule has 2 aromatic carbocycles. The summed E-state index contributed by atoms with van der Waals surface area (Å²) in [5.74, 6) is 1.29. The lowest BCUT2D eigenvalue weighted by Crippen LogP contribution is -2.38. The Morgan fingerprint density at radius 2 is 2.00 bits per heavy atom. The lowest BCUT2D eigenvalue weighted by atomic mass is 9.85. The predicted molar refractivity (Wildman–Crippen MR) is 120 cm³/mol. The molecule has 7 nitrogen and oxygen atoms in total. The van der Waals surface area contributed by atoms with Crippen LogP contribution in [0.1, 0.15) is 47.7 Å². The number of amidine groups is 1. The molecule has 1 amide bonds. The maximum atomic E-state index is 12.4. The molecule has 0 spiro atoms. The van der Waals surface area contributed by atoms with E-state index in [4.69, 9.17) is 14.2 Å². The van der Waals surface area contributed by atoms with Gasteiger partial charge in [-0.15, -0.1) is 0 Å². The molecule has 1 saturated heterocycles. The van der Waals surface area contributed by atoms with Gasteiger partial charge in [-0.3, -0.25) is 9.79 Å². The van der Waals surface area contributed by atoms with Crippen LogP contribution in [-0.4, -0.2) is 37.5 Å². The third kappa shape index (κ3) is 4.51. The van der Waals surface area contributed by atoms with Crippen molar-refractivity contribution in [3.63, 3.8) is 0 Å². The molecule has 0 aromatic heterocycles. The highest BCUT2D eigenvalue weighted by atomic mass is 16.5. The van der Waals surface area contributed by atoms with E-state index in [9.17, 15) is 9.59 Å². The molecular formula is C25H26N2O5. The molecule has 32 heavy (non-hydrogen) atoms. The molecule has 1 fully saturated rings. The second-order valence-electron chi connectivity index (χ2n) is 7.96. The number of hydrogen-bond acceptors (Lipinski definition) is 6. The van der Waals surface area contributed by atoms with Gasteiger partial charge < -0.3 is 19.5 Å². The molecule has 2 heterocycles. The van der Waals surface area contributed by atoms with Crippen LogP contribution in [0.2, 0.25) is 0 Å². The molecule has 0 bridgehead atoms. The van der Waals surface area contributed by atoms with Crippen LogP contribution < -0.4 is 14.8 Å². The van der Waals surface area contributed by atoms with E-state index in [1.807, 2.05) is 50.3 Å². The molecule has 0 saturated carbocycles. The molecule has 0 aliphatic carbocycles. The number of carbonyl (C=O) groups excluding carboxylic acids is 2. The van der Waals surface area contributed by atoms with Crippen LogP contribution in [0, 0.1) is 0 Å². The van der Waals surface area contributed by atoms with E-state index in [-0.39, 0.29) is 30.5 Å². The molecule has 166 valence electrons. The minimum atomic E-state index is -0.376. The lowest BCUT2D eigenvalue weighted by Gasteiger charge is -2.26. The van der Waals surface area contributed by atoms with Crippen LogP contribution in [-0.2, 0) is 16.1 Å². The fraction of sp³-hybridized carbons (Fsp3) is 0.320. The number of carbonyl (C=O) groups is 2. The highest BCUT2D eigenvalue weighted by Crippen LogP contribution is 2.38. The monoisotopic (exact) mass is 434 g/mol. The summed E-state index contributed by atoms with van der Waals surface area (Å²) >= 11 is 0. The Morgan fingerprint density at radius 3 is 2.78 bits per heavy atom. The van der Waals surface area contributed by atoms with Crippen LogP contribution in [0.4, 0.5) is 0 Å². The Balaban J connectivity index is 1.53. The Morgan fingerprint density at radius 1 is 1.19 bits per heavy atom. The summed E-state index contributed by atoms with van der Waals surface area (Å²) in [7, 11) is 1.58. The first-order valence-electron chi connectivity index (χ1n) is 10.6. The summed E-state index contributed by atoms with van der Waals surface area (Å²) in [5, 5.41) is 2.83. The van der Waals surface area contributed by atoms with E-state index >= 15 is 0 Å². The third-order valence-corrected chi connectivity index (χ3v) is 5.41. The van der Waals surface area contributed by atoms with Crippen molar-refractivity contribution in [3.8, 4) is 11.5 Å². The number of esters is 1. The SMILES string of the molecule is COc1cc(C2CC(=O)NC3=NCC=C32)ccc1OCc1ccccc1C(=O)OC(C)C. The van der Waals surface area contributed by atoms with Gasteiger partial charge in [0.15, 0.2) is 11.5 Å². The number of piperidine rings is 1. The van der Waals surface area contributed by atoms with E-state index in [0.29, 0.717) is 35.9 Å². The van der Waals surface area contributed by atoms with Crippen molar-refractivity contribution < 1.29 is 23.8 Å². The van der Waals surface area contributed by atoms with Gasteiger partial charge in [0, 0.05) is 23.5 Å². The molecule has 2 aliphatic heterocycles. The fourth-order valence-corrected chi connectivity index (χ4v) is 3.92. The Bertz CT molecular complexity index is 1100. The quantitative estimate of drug-likeness (QED) is 0.671. The van der Waals surface area contributed by atoms with Crippen LogP contribution in [0.3, 0.4) is 0 Å². The van der Waals surface area contributed by atoms with Crippen molar-refractivity contribution in [1.29, 1.82) is 0 Å². The Labute approximate surface area is 187 Å². The van der Waals surface area contributed by atoms with Gasteiger partial charge in [-0.1, -0.05) is 30.3 Å². The molecule has 2 aromatic rings. The van der Waals surface area contributed by atoms with Gasteiger partial charge in [-0.05, 0) is 37.6 Å². The van der Waals surface area contributed by atoms with E-state index in [2.05, 4.69) is 10.3 Å². The van der Waals surface area contributed by atoms with Crippen LogP contribution in [0.15, 0.2) is 59.1 Å². The minimum Gasteiger partial charge on any atom is -0.493 e. The normalized spacial score (nSPS) is 17.2. The van der Waals surface area contributed by atoms with Crippen molar-refractivity contribution in [2.45, 2.75) is 38.9 Å². The molecule has 0 radical (unpaired) electrons. The van der Waals surface area contributed by atoms with Crippen molar-refractivity contribution in [1.82, 2.24) is 5.32 Å². The second-order valence-corrected chi connectivity index (χ2v) is 7.96. The van der Waals surface area contributed by atoms with Gasteiger partial charge in [0.1, 0.15) is 12.4 Å². The number of methoxy groups -OCH3 is 1. The largest absolute Gasteiger partial charge is 0.493 e. The van der Waals surface area contributed by atoms with Gasteiger partial charge in [-0.2, -0.15) is 0 Å². The molecule has 7 heteroatoms. The van der Waals surface area contributed by atoms with Gasteiger partial charge in [0.25, 0.3) is 0 Å². The maximum Gasteiger partial charge on any atom is 0.338 e. The number of amides is 1. The summed E-state index contributed by atoms with van der Waals surface area (Å²) in [4.78, 5) is 28.9. The molecule has 1 atom stereocenters. The van der Waals surface area contributed by atoms with Crippen molar-refractivity contribution in [2.24, 2.45) is 4.99 Å². The number of nitrogens with one attached hydrogen (secondary N) is 1. The molecule has 2 aliphatic rings. The van der Waals surface area contributed by atoms with E-state index in [1.165, 1.54) is 0 Å². The number of aliphatic imine (C=N–C) groups is 1. The highest BCUT2D eigenvalue weighted by Gasteiger charge is 2.32. The van der Waals surface area contributed by atoms with E-state index in [0.717, 1.165) is 16.7 Å². The zero-order valence-electron chi connectivity index (χ0n) is 18.4. The number of fused-ring (bicyclic) bond motifs is 1. The topological polar surface area (TPSA) is 86.2 Å². The Kier molecular flexibility index (Phi) is 6.25. The highest BCUT2D eigenvalue weighted by molar-refractivity contribution is 6.12. The summed E-state index contributed by atoms with van der Waals surface area (Å²) in [6.45, 7) is 4.40. The number of hydrogen-bond donors (Lipinski definition) is 1. The number of nitrogens with zero attached hydrogens (tertiary/aromatic N) is 1. The minimum absolute atomic E-state index is 0.0445. The summed E-state index contributed by atoms with van der Waals surface area (Å²) in [5.41, 5.74) is 3.21. The van der Waals surface area contributed by atoms with Crippen molar-refractivity contribution in [3.05, 3.63) is 70.8 Å². The second kappa shape index (κ2) is 9.26. The fourth-order valence-electron chi connectivity index (χ4n) is 3.92. The van der Waals surface area contributed by atoms with Crippen molar-refractivity contribution >= 4 is 17.7 Å². The number of rotatable bonds is 7. The van der Waals surface area contributed by atoms with Crippen molar-refractivity contribution in [2.75, 3.05) is 13.7 Å². The smallest absolute Gasteiger partial charge is 0.338 e. The van der Waals surface area contributed by atoms with Crippen LogP contribution in [0.5, 0.6) is 11.5 Å². The number of ether oxygens (including phenoxy) is 3. The number of benzene rings is 2. The first-order chi connectivity index (χ1) is 15.5. The molecule has 1 unspecified atom stereocenters. The average molecular weight is 434 g/mol. The van der Waals surface area contributed by atoms with Gasteiger partial charge in [0.05, 0.1) is 25.3 Å².